The Bertz CT molecular complexity index is 479. The van der Waals surface area contributed by atoms with E-state index in [1.807, 2.05) is 24.3 Å². The number of anilines is 1. The van der Waals surface area contributed by atoms with Gasteiger partial charge in [-0.1, -0.05) is 6.92 Å². The monoisotopic (exact) mass is 247 g/mol. The van der Waals surface area contributed by atoms with Gasteiger partial charge in [0.2, 0.25) is 0 Å². The number of hydrogen-bond acceptors (Lipinski definition) is 4. The lowest BCUT2D eigenvalue weighted by Gasteiger charge is -2.08. The molecular weight excluding hydrogens is 230 g/mol. The maximum atomic E-state index is 5.56. The zero-order valence-corrected chi connectivity index (χ0v) is 10.4. The largest absolute Gasteiger partial charge is 0.494 e. The maximum Gasteiger partial charge on any atom is 0.180 e. The molecule has 18 heavy (non-hydrogen) atoms. The van der Waals surface area contributed by atoms with Crippen molar-refractivity contribution in [2.24, 2.45) is 0 Å². The minimum absolute atomic E-state index is 0.340. The Morgan fingerprint density at radius 2 is 1.83 bits per heavy atom. The van der Waals surface area contributed by atoms with E-state index in [4.69, 9.17) is 15.2 Å². The van der Waals surface area contributed by atoms with Crippen LogP contribution in [0.15, 0.2) is 36.7 Å². The predicted octanol–water partition coefficient (Wildman–Crippen LogP) is 2.29. The van der Waals surface area contributed by atoms with Gasteiger partial charge in [-0.15, -0.1) is 0 Å². The molecule has 2 aromatic rings. The molecule has 0 radical (unpaired) electrons. The van der Waals surface area contributed by atoms with Crippen LogP contribution in [0.4, 0.5) is 5.69 Å². The molecule has 1 heterocycles. The van der Waals surface area contributed by atoms with Crippen molar-refractivity contribution in [3.63, 3.8) is 0 Å². The van der Waals surface area contributed by atoms with Gasteiger partial charge in [0.05, 0.1) is 24.7 Å². The Labute approximate surface area is 106 Å². The Morgan fingerprint density at radius 1 is 1.17 bits per heavy atom. The molecule has 0 bridgehead atoms. The molecule has 0 aliphatic rings. The van der Waals surface area contributed by atoms with E-state index in [1.165, 1.54) is 0 Å². The van der Waals surface area contributed by atoms with Crippen molar-refractivity contribution in [2.75, 3.05) is 12.3 Å². The number of benzene rings is 1. The second kappa shape index (κ2) is 5.95. The topological polar surface area (TPSA) is 62.3 Å². The normalized spacial score (nSPS) is 10.3. The number of aromatic nitrogens is 2. The summed E-state index contributed by atoms with van der Waals surface area (Å²) in [6.07, 6.45) is 4.31. The standard InChI is InChI=1S/C13H17N3O2/c1-2-7-17-12-3-5-13(6-4-12)18-10-16-9-11(14)8-15-16/h3-6,8-9H,2,7,10,14H2,1H3. The van der Waals surface area contributed by atoms with E-state index in [0.29, 0.717) is 12.4 Å². The molecule has 0 saturated heterocycles. The third-order valence-electron chi connectivity index (χ3n) is 2.31. The fourth-order valence-electron chi connectivity index (χ4n) is 1.44. The fraction of sp³-hybridized carbons (Fsp3) is 0.308. The molecule has 0 amide bonds. The molecule has 2 rings (SSSR count). The van der Waals surface area contributed by atoms with Crippen LogP contribution in [0, 0.1) is 0 Å². The third-order valence-corrected chi connectivity index (χ3v) is 2.31. The summed E-state index contributed by atoms with van der Waals surface area (Å²) in [5.41, 5.74) is 6.19. The molecule has 0 atom stereocenters. The first-order valence-corrected chi connectivity index (χ1v) is 5.91. The minimum Gasteiger partial charge on any atom is -0.494 e. The van der Waals surface area contributed by atoms with Gasteiger partial charge in [-0.3, -0.25) is 0 Å². The highest BCUT2D eigenvalue weighted by molar-refractivity contribution is 5.31. The average Bonchev–Trinajstić information content (AvgIpc) is 2.81. The molecule has 0 fully saturated rings. The van der Waals surface area contributed by atoms with Gasteiger partial charge in [-0.2, -0.15) is 5.10 Å². The summed E-state index contributed by atoms with van der Waals surface area (Å²) in [6, 6.07) is 7.53. The van der Waals surface area contributed by atoms with Crippen LogP contribution < -0.4 is 15.2 Å². The zero-order chi connectivity index (χ0) is 12.8. The van der Waals surface area contributed by atoms with Gasteiger partial charge >= 0.3 is 0 Å². The lowest BCUT2D eigenvalue weighted by Crippen LogP contribution is -2.05. The van der Waals surface area contributed by atoms with Crippen molar-refractivity contribution in [2.45, 2.75) is 20.1 Å². The zero-order valence-electron chi connectivity index (χ0n) is 10.4. The van der Waals surface area contributed by atoms with Crippen molar-refractivity contribution >= 4 is 5.69 Å². The minimum atomic E-state index is 0.340. The number of hydrogen-bond donors (Lipinski definition) is 1. The van der Waals surface area contributed by atoms with E-state index in [2.05, 4.69) is 12.0 Å². The van der Waals surface area contributed by atoms with E-state index >= 15 is 0 Å². The number of rotatable bonds is 6. The quantitative estimate of drug-likeness (QED) is 0.850. The second-order valence-electron chi connectivity index (χ2n) is 3.91. The van der Waals surface area contributed by atoms with Crippen LogP contribution in [0.3, 0.4) is 0 Å². The van der Waals surface area contributed by atoms with Gasteiger partial charge in [-0.05, 0) is 30.7 Å². The summed E-state index contributed by atoms with van der Waals surface area (Å²) < 4.78 is 12.7. The molecule has 96 valence electrons. The van der Waals surface area contributed by atoms with Crippen LogP contribution >= 0.6 is 0 Å². The summed E-state index contributed by atoms with van der Waals surface area (Å²) in [5, 5.41) is 4.03. The molecule has 2 N–H and O–H groups in total. The van der Waals surface area contributed by atoms with Crippen LogP contribution in [0.5, 0.6) is 11.5 Å². The SMILES string of the molecule is CCCOc1ccc(OCn2cc(N)cn2)cc1. The molecule has 1 aromatic heterocycles. The van der Waals surface area contributed by atoms with Gasteiger partial charge < -0.3 is 15.2 Å². The van der Waals surface area contributed by atoms with Gasteiger partial charge in [-0.25, -0.2) is 4.68 Å². The highest BCUT2D eigenvalue weighted by Crippen LogP contribution is 2.18. The van der Waals surface area contributed by atoms with Crippen molar-refractivity contribution in [1.29, 1.82) is 0 Å². The summed E-state index contributed by atoms with van der Waals surface area (Å²) >= 11 is 0. The van der Waals surface area contributed by atoms with Crippen molar-refractivity contribution in [3.8, 4) is 11.5 Å². The van der Waals surface area contributed by atoms with Crippen LogP contribution in [0.2, 0.25) is 0 Å². The van der Waals surface area contributed by atoms with Crippen LogP contribution in [0.1, 0.15) is 13.3 Å². The third kappa shape index (κ3) is 3.41. The molecule has 0 saturated carbocycles. The lowest BCUT2D eigenvalue weighted by molar-refractivity contribution is 0.220. The van der Waals surface area contributed by atoms with Gasteiger partial charge in [0.1, 0.15) is 11.5 Å². The molecule has 1 aromatic carbocycles. The Kier molecular flexibility index (Phi) is 4.06. The second-order valence-corrected chi connectivity index (χ2v) is 3.91. The molecule has 0 spiro atoms. The average molecular weight is 247 g/mol. The fourth-order valence-corrected chi connectivity index (χ4v) is 1.44. The highest BCUT2D eigenvalue weighted by Gasteiger charge is 1.98. The van der Waals surface area contributed by atoms with Crippen LogP contribution in [0.25, 0.3) is 0 Å². The molecule has 0 aliphatic carbocycles. The van der Waals surface area contributed by atoms with Gasteiger partial charge in [0.25, 0.3) is 0 Å². The van der Waals surface area contributed by atoms with Crippen molar-refractivity contribution in [1.82, 2.24) is 9.78 Å². The molecular formula is C13H17N3O2. The Hall–Kier alpha value is -2.17. The molecule has 5 heteroatoms. The Balaban J connectivity index is 1.86. The van der Waals surface area contributed by atoms with Crippen LogP contribution in [-0.2, 0) is 6.73 Å². The highest BCUT2D eigenvalue weighted by atomic mass is 16.5. The van der Waals surface area contributed by atoms with Crippen LogP contribution in [-0.4, -0.2) is 16.4 Å². The summed E-state index contributed by atoms with van der Waals surface area (Å²) in [4.78, 5) is 0. The number of ether oxygens (including phenoxy) is 2. The van der Waals surface area contributed by atoms with E-state index in [9.17, 15) is 0 Å². The first-order chi connectivity index (χ1) is 8.78. The maximum absolute atomic E-state index is 5.56. The van der Waals surface area contributed by atoms with E-state index in [0.717, 1.165) is 24.5 Å². The smallest absolute Gasteiger partial charge is 0.180 e. The van der Waals surface area contributed by atoms with E-state index in [1.54, 1.807) is 17.1 Å². The van der Waals surface area contributed by atoms with Gasteiger partial charge in [0.15, 0.2) is 6.73 Å². The molecule has 0 aliphatic heterocycles. The predicted molar refractivity (Wildman–Crippen MR) is 69.5 cm³/mol. The molecule has 0 unspecified atom stereocenters. The molecule has 5 nitrogen and oxygen atoms in total. The first-order valence-electron chi connectivity index (χ1n) is 5.91. The summed E-state index contributed by atoms with van der Waals surface area (Å²) in [5.74, 6) is 1.63. The Morgan fingerprint density at radius 3 is 2.39 bits per heavy atom. The first kappa shape index (κ1) is 12.3. The van der Waals surface area contributed by atoms with Crippen molar-refractivity contribution in [3.05, 3.63) is 36.7 Å². The lowest BCUT2D eigenvalue weighted by atomic mass is 10.3. The number of nitrogen functional groups attached to an aromatic ring is 1. The van der Waals surface area contributed by atoms with E-state index in [-0.39, 0.29) is 0 Å². The number of nitrogens with two attached hydrogens (primary N) is 1. The van der Waals surface area contributed by atoms with Gasteiger partial charge in [0, 0.05) is 0 Å². The van der Waals surface area contributed by atoms with E-state index < -0.39 is 0 Å². The summed E-state index contributed by atoms with van der Waals surface area (Å²) in [7, 11) is 0. The summed E-state index contributed by atoms with van der Waals surface area (Å²) in [6.45, 7) is 3.15. The number of nitrogens with zero attached hydrogens (tertiary/aromatic N) is 2. The van der Waals surface area contributed by atoms with Crippen molar-refractivity contribution < 1.29 is 9.47 Å².